The van der Waals surface area contributed by atoms with Crippen LogP contribution in [0.4, 0.5) is 13.2 Å². The lowest BCUT2D eigenvalue weighted by Gasteiger charge is -2.44. The fraction of sp³-hybridized carbons (Fsp3) is 0.636. The lowest BCUT2D eigenvalue weighted by Crippen LogP contribution is -2.44. The highest BCUT2D eigenvalue weighted by atomic mass is 32.1. The molecule has 0 aromatic carbocycles. The summed E-state index contributed by atoms with van der Waals surface area (Å²) in [6.07, 6.45) is 1.89. The van der Waals surface area contributed by atoms with Crippen molar-refractivity contribution in [2.45, 2.75) is 57.8 Å². The Bertz CT molecular complexity index is 996. The van der Waals surface area contributed by atoms with Crippen LogP contribution in [0, 0.1) is 11.3 Å². The van der Waals surface area contributed by atoms with Crippen LogP contribution >= 0.6 is 11.3 Å². The molecule has 34 heavy (non-hydrogen) atoms. The van der Waals surface area contributed by atoms with Crippen molar-refractivity contribution in [2.75, 3.05) is 19.6 Å². The Morgan fingerprint density at radius 1 is 1.21 bits per heavy atom. The number of carboxylic acid groups (broad SMARTS) is 1. The quantitative estimate of drug-likeness (QED) is 0.655. The molecule has 1 aliphatic carbocycles. The van der Waals surface area contributed by atoms with Crippen LogP contribution in [0.25, 0.3) is 0 Å². The predicted molar refractivity (Wildman–Crippen MR) is 118 cm³/mol. The summed E-state index contributed by atoms with van der Waals surface area (Å²) in [4.78, 5) is 24.0. The van der Waals surface area contributed by atoms with Gasteiger partial charge in [-0.2, -0.15) is 24.5 Å². The number of carbonyl (C=O) groups excluding carboxylic acids is 1. The van der Waals surface area contributed by atoms with Gasteiger partial charge in [0.15, 0.2) is 0 Å². The molecule has 1 saturated carbocycles. The number of aromatic nitrogens is 3. The number of hydrogen-bond acceptors (Lipinski definition) is 6. The van der Waals surface area contributed by atoms with E-state index < -0.39 is 12.1 Å². The summed E-state index contributed by atoms with van der Waals surface area (Å²) in [5, 5.41) is 23.1. The minimum atomic E-state index is -5.08. The van der Waals surface area contributed by atoms with Crippen LogP contribution in [0.1, 0.15) is 54.1 Å². The average molecular weight is 500 g/mol. The van der Waals surface area contributed by atoms with Crippen molar-refractivity contribution in [2.24, 2.45) is 11.3 Å². The molecule has 8 nitrogen and oxygen atoms in total. The maximum absolute atomic E-state index is 12.6. The molecule has 0 unspecified atom stereocenters. The highest BCUT2D eigenvalue weighted by molar-refractivity contribution is 7.07. The molecule has 12 heteroatoms. The number of aliphatic carboxylic acids is 1. The van der Waals surface area contributed by atoms with Crippen molar-refractivity contribution in [3.05, 3.63) is 34.0 Å². The van der Waals surface area contributed by atoms with E-state index >= 15 is 0 Å². The van der Waals surface area contributed by atoms with Crippen molar-refractivity contribution >= 4 is 23.2 Å². The second-order valence-electron chi connectivity index (χ2n) is 9.39. The average Bonchev–Trinajstić information content (AvgIpc) is 3.31. The summed E-state index contributed by atoms with van der Waals surface area (Å²) in [5.41, 5.74) is 1.72. The first-order valence-electron chi connectivity index (χ1n) is 11.4. The second-order valence-corrected chi connectivity index (χ2v) is 10.2. The topological polar surface area (TPSA) is 100 Å². The fourth-order valence-corrected chi connectivity index (χ4v) is 5.18. The monoisotopic (exact) mass is 499 g/mol. The SMILES string of the molecule is O=C(NCC1CC1)c1nnc2n1CC1(CC2)CCN(Cc2ccsc2)CC1.O=C(O)C(F)(F)F. The first kappa shape index (κ1) is 24.6. The number of thiophene rings is 1. The summed E-state index contributed by atoms with van der Waals surface area (Å²) in [5.74, 6) is -0.625. The molecule has 1 saturated heterocycles. The van der Waals surface area contributed by atoms with Crippen LogP contribution in [-0.4, -0.2) is 62.5 Å². The number of halogens is 3. The van der Waals surface area contributed by atoms with E-state index in [1.807, 2.05) is 0 Å². The number of amides is 1. The maximum atomic E-state index is 12.6. The molecule has 5 rings (SSSR count). The molecule has 0 atom stereocenters. The van der Waals surface area contributed by atoms with Crippen LogP contribution in [0.3, 0.4) is 0 Å². The van der Waals surface area contributed by atoms with Gasteiger partial charge in [-0.25, -0.2) is 4.79 Å². The van der Waals surface area contributed by atoms with E-state index in [0.717, 1.165) is 45.0 Å². The first-order valence-corrected chi connectivity index (χ1v) is 12.3. The van der Waals surface area contributed by atoms with Crippen LogP contribution < -0.4 is 5.32 Å². The summed E-state index contributed by atoms with van der Waals surface area (Å²) in [7, 11) is 0. The molecular formula is C22H28F3N5O3S. The van der Waals surface area contributed by atoms with Crippen LogP contribution in [0.5, 0.6) is 0 Å². The van der Waals surface area contributed by atoms with Crippen molar-refractivity contribution in [3.63, 3.8) is 0 Å². The van der Waals surface area contributed by atoms with Gasteiger partial charge in [0.25, 0.3) is 5.91 Å². The first-order chi connectivity index (χ1) is 16.2. The molecule has 0 bridgehead atoms. The van der Waals surface area contributed by atoms with E-state index in [0.29, 0.717) is 17.2 Å². The third-order valence-electron chi connectivity index (χ3n) is 6.80. The zero-order valence-corrected chi connectivity index (χ0v) is 19.5. The molecule has 2 aliphatic heterocycles. The third-order valence-corrected chi connectivity index (χ3v) is 7.53. The summed E-state index contributed by atoms with van der Waals surface area (Å²) >= 11 is 1.78. The van der Waals surface area contributed by atoms with Gasteiger partial charge in [-0.1, -0.05) is 0 Å². The summed E-state index contributed by atoms with van der Waals surface area (Å²) in [6, 6.07) is 2.23. The number of carboxylic acids is 1. The summed E-state index contributed by atoms with van der Waals surface area (Å²) in [6.45, 7) is 5.01. The molecule has 3 aliphatic rings. The Hall–Kier alpha value is -2.47. The van der Waals surface area contributed by atoms with E-state index in [2.05, 4.69) is 41.8 Å². The Labute approximate surface area is 199 Å². The van der Waals surface area contributed by atoms with Gasteiger partial charge in [-0.15, -0.1) is 10.2 Å². The highest BCUT2D eigenvalue weighted by Gasteiger charge is 2.40. The molecule has 186 valence electrons. The van der Waals surface area contributed by atoms with E-state index in [4.69, 9.17) is 9.90 Å². The number of hydrogen-bond donors (Lipinski definition) is 2. The van der Waals surface area contributed by atoms with Gasteiger partial charge in [-0.05, 0) is 78.9 Å². The molecule has 1 spiro atoms. The van der Waals surface area contributed by atoms with E-state index in [1.165, 1.54) is 37.7 Å². The van der Waals surface area contributed by atoms with Crippen LogP contribution in [0.2, 0.25) is 0 Å². The summed E-state index contributed by atoms with van der Waals surface area (Å²) < 4.78 is 33.8. The number of carbonyl (C=O) groups is 2. The molecule has 4 heterocycles. The predicted octanol–water partition coefficient (Wildman–Crippen LogP) is 3.34. The van der Waals surface area contributed by atoms with Gasteiger partial charge >= 0.3 is 12.1 Å². The lowest BCUT2D eigenvalue weighted by atomic mass is 9.73. The van der Waals surface area contributed by atoms with Gasteiger partial charge in [0.1, 0.15) is 5.82 Å². The molecule has 2 aromatic heterocycles. The lowest BCUT2D eigenvalue weighted by molar-refractivity contribution is -0.192. The molecule has 0 radical (unpaired) electrons. The van der Waals surface area contributed by atoms with Crippen molar-refractivity contribution in [1.29, 1.82) is 0 Å². The minimum Gasteiger partial charge on any atom is -0.475 e. The maximum Gasteiger partial charge on any atom is 0.490 e. The Morgan fingerprint density at radius 2 is 1.91 bits per heavy atom. The Balaban J connectivity index is 0.000000344. The largest absolute Gasteiger partial charge is 0.490 e. The molecule has 2 fully saturated rings. The molecule has 2 N–H and O–H groups in total. The third kappa shape index (κ3) is 6.15. The Kier molecular flexibility index (Phi) is 7.27. The minimum absolute atomic E-state index is 0.0485. The van der Waals surface area contributed by atoms with Gasteiger partial charge in [0, 0.05) is 26.1 Å². The van der Waals surface area contributed by atoms with Crippen LogP contribution in [-0.2, 0) is 24.3 Å². The number of piperidine rings is 1. The zero-order chi connectivity index (χ0) is 24.3. The Morgan fingerprint density at radius 3 is 2.50 bits per heavy atom. The van der Waals surface area contributed by atoms with Crippen LogP contribution in [0.15, 0.2) is 16.8 Å². The smallest absolute Gasteiger partial charge is 0.475 e. The normalized spacial score (nSPS) is 19.7. The zero-order valence-electron chi connectivity index (χ0n) is 18.7. The number of nitrogens with one attached hydrogen (secondary N) is 1. The number of rotatable bonds is 5. The van der Waals surface area contributed by atoms with E-state index in [9.17, 15) is 18.0 Å². The van der Waals surface area contributed by atoms with Gasteiger partial charge < -0.3 is 15.0 Å². The van der Waals surface area contributed by atoms with Gasteiger partial charge in [0.2, 0.25) is 5.82 Å². The number of fused-ring (bicyclic) bond motifs is 1. The fourth-order valence-electron chi connectivity index (χ4n) is 4.52. The number of aryl methyl sites for hydroxylation is 1. The van der Waals surface area contributed by atoms with Gasteiger partial charge in [-0.3, -0.25) is 9.69 Å². The van der Waals surface area contributed by atoms with Crippen molar-refractivity contribution in [3.8, 4) is 0 Å². The second kappa shape index (κ2) is 10.0. The molecular weight excluding hydrogens is 471 g/mol. The number of alkyl halides is 3. The standard InChI is InChI=1S/C20H27N5OS.C2HF3O2/c26-19(21-11-15-1-2-15)18-23-22-17-3-5-20(14-25(17)18)6-8-24(9-7-20)12-16-4-10-27-13-16;3-2(4,5)1(6)7/h4,10,13,15H,1-3,5-9,11-12,14H2,(H,21,26);(H,6,7). The van der Waals surface area contributed by atoms with Gasteiger partial charge in [0.05, 0.1) is 0 Å². The molecule has 2 aromatic rings. The molecule has 1 amide bonds. The van der Waals surface area contributed by atoms with E-state index in [-0.39, 0.29) is 5.91 Å². The number of likely N-dealkylation sites (tertiary alicyclic amines) is 1. The highest BCUT2D eigenvalue weighted by Crippen LogP contribution is 2.41. The van der Waals surface area contributed by atoms with E-state index in [1.54, 1.807) is 11.3 Å². The number of nitrogens with zero attached hydrogens (tertiary/aromatic N) is 4. The van der Waals surface area contributed by atoms with Crippen molar-refractivity contribution < 1.29 is 27.9 Å². The van der Waals surface area contributed by atoms with Crippen molar-refractivity contribution in [1.82, 2.24) is 25.0 Å².